The van der Waals surface area contributed by atoms with Crippen molar-refractivity contribution in [3.05, 3.63) is 20.6 Å². The highest BCUT2D eigenvalue weighted by Gasteiger charge is 2.14. The Morgan fingerprint density at radius 2 is 2.33 bits per heavy atom. The maximum absolute atomic E-state index is 5.96. The number of rotatable bonds is 3. The molecule has 15 heavy (non-hydrogen) atoms. The summed E-state index contributed by atoms with van der Waals surface area (Å²) in [5.41, 5.74) is 0.682. The molecule has 0 saturated heterocycles. The van der Waals surface area contributed by atoms with Crippen LogP contribution in [0.3, 0.4) is 0 Å². The van der Waals surface area contributed by atoms with Crippen molar-refractivity contribution in [3.8, 4) is 11.5 Å². The predicted molar refractivity (Wildman–Crippen MR) is 60.4 cm³/mol. The quantitative estimate of drug-likeness (QED) is 0.926. The molecule has 2 rings (SSSR count). The summed E-state index contributed by atoms with van der Waals surface area (Å²) in [7, 11) is 1.81. The molecule has 0 unspecified atom stereocenters. The second-order valence-electron chi connectivity index (χ2n) is 2.78. The predicted octanol–water partition coefficient (Wildman–Crippen LogP) is 2.82. The number of nitrogens with one attached hydrogen (secondary N) is 1. The molecular formula is C8H7Cl2N3OS. The van der Waals surface area contributed by atoms with Crippen LogP contribution in [0, 0.1) is 0 Å². The zero-order valence-electron chi connectivity index (χ0n) is 7.75. The van der Waals surface area contributed by atoms with Crippen LogP contribution in [-0.4, -0.2) is 17.2 Å². The van der Waals surface area contributed by atoms with E-state index in [2.05, 4.69) is 15.5 Å². The normalized spacial score (nSPS) is 10.9. The lowest BCUT2D eigenvalue weighted by molar-refractivity contribution is 0.421. The second-order valence-corrected chi connectivity index (χ2v) is 5.07. The Bertz CT molecular complexity index is 468. The Labute approximate surface area is 100 Å². The van der Waals surface area contributed by atoms with Crippen LogP contribution >= 0.6 is 34.5 Å². The lowest BCUT2D eigenvalue weighted by Gasteiger charge is -1.88. The summed E-state index contributed by atoms with van der Waals surface area (Å²) < 4.78 is 6.22. The number of halogens is 2. The molecule has 0 aliphatic rings. The summed E-state index contributed by atoms with van der Waals surface area (Å²) in [5, 5.41) is 6.71. The molecule has 0 aliphatic carbocycles. The molecule has 0 amide bonds. The van der Waals surface area contributed by atoms with Crippen molar-refractivity contribution in [2.45, 2.75) is 6.54 Å². The number of nitrogens with zero attached hydrogens (tertiary/aromatic N) is 2. The Kier molecular flexibility index (Phi) is 3.25. The van der Waals surface area contributed by atoms with Crippen molar-refractivity contribution in [2.75, 3.05) is 7.05 Å². The molecule has 0 radical (unpaired) electrons. The zero-order valence-corrected chi connectivity index (χ0v) is 10.1. The van der Waals surface area contributed by atoms with Crippen LogP contribution in [-0.2, 0) is 6.54 Å². The van der Waals surface area contributed by atoms with Gasteiger partial charge in [-0.2, -0.15) is 4.98 Å². The molecule has 0 aliphatic heterocycles. The molecule has 0 fully saturated rings. The smallest absolute Gasteiger partial charge is 0.260 e. The molecule has 0 saturated carbocycles. The van der Waals surface area contributed by atoms with Gasteiger partial charge in [0.25, 0.3) is 5.89 Å². The van der Waals surface area contributed by atoms with Crippen LogP contribution in [0.1, 0.15) is 5.82 Å². The van der Waals surface area contributed by atoms with Gasteiger partial charge >= 0.3 is 0 Å². The van der Waals surface area contributed by atoms with Gasteiger partial charge in [-0.3, -0.25) is 0 Å². The van der Waals surface area contributed by atoms with Crippen molar-refractivity contribution in [1.82, 2.24) is 15.5 Å². The molecule has 2 aromatic rings. The second kappa shape index (κ2) is 4.49. The van der Waals surface area contributed by atoms with E-state index in [1.54, 1.807) is 6.07 Å². The lowest BCUT2D eigenvalue weighted by atomic mass is 10.3. The van der Waals surface area contributed by atoms with Gasteiger partial charge < -0.3 is 9.84 Å². The van der Waals surface area contributed by atoms with Gasteiger partial charge in [0.2, 0.25) is 0 Å². The van der Waals surface area contributed by atoms with Crippen molar-refractivity contribution in [2.24, 2.45) is 0 Å². The Hall–Kier alpha value is -0.620. The van der Waals surface area contributed by atoms with Crippen molar-refractivity contribution >= 4 is 34.5 Å². The van der Waals surface area contributed by atoms with Crippen LogP contribution in [0.15, 0.2) is 10.6 Å². The van der Waals surface area contributed by atoms with Crippen LogP contribution in [0.25, 0.3) is 11.5 Å². The molecule has 2 aromatic heterocycles. The third-order valence-electron chi connectivity index (χ3n) is 1.69. The summed E-state index contributed by atoms with van der Waals surface area (Å²) >= 11 is 13.0. The Morgan fingerprint density at radius 3 is 2.93 bits per heavy atom. The first-order valence-corrected chi connectivity index (χ1v) is 5.70. The maximum Gasteiger partial charge on any atom is 0.260 e. The van der Waals surface area contributed by atoms with Gasteiger partial charge in [-0.25, -0.2) is 0 Å². The van der Waals surface area contributed by atoms with E-state index in [0.29, 0.717) is 32.5 Å². The molecule has 0 aromatic carbocycles. The molecule has 7 heteroatoms. The van der Waals surface area contributed by atoms with E-state index in [1.807, 2.05) is 7.05 Å². The molecule has 0 spiro atoms. The van der Waals surface area contributed by atoms with Crippen LogP contribution in [0.4, 0.5) is 0 Å². The van der Waals surface area contributed by atoms with E-state index in [1.165, 1.54) is 11.3 Å². The third kappa shape index (κ3) is 2.31. The number of thiophene rings is 1. The van der Waals surface area contributed by atoms with Crippen molar-refractivity contribution < 1.29 is 4.52 Å². The van der Waals surface area contributed by atoms with Crippen LogP contribution in [0.2, 0.25) is 8.67 Å². The van der Waals surface area contributed by atoms with Gasteiger partial charge in [0.05, 0.1) is 16.4 Å². The van der Waals surface area contributed by atoms with Gasteiger partial charge in [-0.15, -0.1) is 11.3 Å². The minimum Gasteiger partial charge on any atom is -0.334 e. The fourth-order valence-corrected chi connectivity index (χ4v) is 2.53. The third-order valence-corrected chi connectivity index (χ3v) is 3.18. The van der Waals surface area contributed by atoms with Gasteiger partial charge in [0, 0.05) is 0 Å². The van der Waals surface area contributed by atoms with Gasteiger partial charge in [-0.05, 0) is 13.1 Å². The van der Waals surface area contributed by atoms with Crippen molar-refractivity contribution in [1.29, 1.82) is 0 Å². The minimum absolute atomic E-state index is 0.397. The highest BCUT2D eigenvalue weighted by atomic mass is 35.5. The van der Waals surface area contributed by atoms with Crippen LogP contribution in [0.5, 0.6) is 0 Å². The fraction of sp³-hybridized carbons (Fsp3) is 0.250. The topological polar surface area (TPSA) is 51.0 Å². The number of hydrogen-bond donors (Lipinski definition) is 1. The summed E-state index contributed by atoms with van der Waals surface area (Å²) in [6.07, 6.45) is 0. The van der Waals surface area contributed by atoms with Gasteiger partial charge in [-0.1, -0.05) is 28.4 Å². The molecule has 0 bridgehead atoms. The highest BCUT2D eigenvalue weighted by Crippen LogP contribution is 2.37. The number of aromatic nitrogens is 2. The van der Waals surface area contributed by atoms with E-state index in [-0.39, 0.29) is 0 Å². The Balaban J connectivity index is 2.32. The van der Waals surface area contributed by atoms with E-state index < -0.39 is 0 Å². The highest BCUT2D eigenvalue weighted by molar-refractivity contribution is 7.20. The summed E-state index contributed by atoms with van der Waals surface area (Å²) in [5.74, 6) is 0.985. The van der Waals surface area contributed by atoms with E-state index in [4.69, 9.17) is 27.7 Å². The molecule has 80 valence electrons. The summed E-state index contributed by atoms with van der Waals surface area (Å²) in [4.78, 5) is 4.17. The fourth-order valence-electron chi connectivity index (χ4n) is 1.08. The molecular weight excluding hydrogens is 257 g/mol. The first-order chi connectivity index (χ1) is 7.20. The number of hydrogen-bond acceptors (Lipinski definition) is 5. The molecule has 2 heterocycles. The van der Waals surface area contributed by atoms with E-state index in [9.17, 15) is 0 Å². The van der Waals surface area contributed by atoms with Crippen molar-refractivity contribution in [3.63, 3.8) is 0 Å². The minimum atomic E-state index is 0.397. The standard InChI is InChI=1S/C8H7Cl2N3OS/c1-11-3-6-12-8(14-13-6)4-2-5(9)15-7(4)10/h2,11H,3H2,1H3. The van der Waals surface area contributed by atoms with Gasteiger partial charge in [0.15, 0.2) is 5.82 Å². The molecule has 1 N–H and O–H groups in total. The molecule has 4 nitrogen and oxygen atoms in total. The lowest BCUT2D eigenvalue weighted by Crippen LogP contribution is -2.06. The van der Waals surface area contributed by atoms with E-state index >= 15 is 0 Å². The largest absolute Gasteiger partial charge is 0.334 e. The zero-order chi connectivity index (χ0) is 10.8. The SMILES string of the molecule is CNCc1noc(-c2cc(Cl)sc2Cl)n1. The molecule has 0 atom stereocenters. The average Bonchev–Trinajstić information content (AvgIpc) is 2.73. The monoisotopic (exact) mass is 263 g/mol. The Morgan fingerprint density at radius 1 is 1.53 bits per heavy atom. The van der Waals surface area contributed by atoms with E-state index in [0.717, 1.165) is 0 Å². The summed E-state index contributed by atoms with van der Waals surface area (Å²) in [6, 6.07) is 1.71. The summed E-state index contributed by atoms with van der Waals surface area (Å²) in [6.45, 7) is 0.555. The van der Waals surface area contributed by atoms with Gasteiger partial charge in [0.1, 0.15) is 4.34 Å². The first kappa shape index (κ1) is 10.9. The average molecular weight is 264 g/mol. The van der Waals surface area contributed by atoms with Crippen LogP contribution < -0.4 is 5.32 Å². The first-order valence-electron chi connectivity index (χ1n) is 4.13. The maximum atomic E-state index is 5.96.